The van der Waals surface area contributed by atoms with Crippen molar-refractivity contribution in [3.8, 4) is 11.5 Å². The molecule has 10 heteroatoms. The first-order valence-corrected chi connectivity index (χ1v) is 12.3. The first-order chi connectivity index (χ1) is 17.0. The van der Waals surface area contributed by atoms with Gasteiger partial charge in [0.2, 0.25) is 12.7 Å². The van der Waals surface area contributed by atoms with E-state index in [4.69, 9.17) is 23.7 Å². The third-order valence-electron chi connectivity index (χ3n) is 5.28. The molecule has 1 saturated heterocycles. The average molecular weight is 509 g/mol. The van der Waals surface area contributed by atoms with E-state index in [1.165, 1.54) is 4.90 Å². The molecule has 0 radical (unpaired) electrons. The van der Waals surface area contributed by atoms with Gasteiger partial charge in [-0.25, -0.2) is 9.59 Å². The summed E-state index contributed by atoms with van der Waals surface area (Å²) in [5.74, 6) is 0.166. The van der Waals surface area contributed by atoms with Crippen LogP contribution in [0.2, 0.25) is 0 Å². The van der Waals surface area contributed by atoms with E-state index in [1.54, 1.807) is 13.8 Å². The highest BCUT2D eigenvalue weighted by molar-refractivity contribution is 5.85. The monoisotopic (exact) mass is 508 g/mol. The zero-order valence-electron chi connectivity index (χ0n) is 22.2. The molecule has 1 aromatic carbocycles. The molecule has 10 nitrogen and oxygen atoms in total. The van der Waals surface area contributed by atoms with Crippen LogP contribution in [-0.4, -0.2) is 74.7 Å². The van der Waals surface area contributed by atoms with Crippen LogP contribution >= 0.6 is 0 Å². The molecule has 0 aliphatic carbocycles. The Morgan fingerprint density at radius 3 is 2.39 bits per heavy atom. The molecule has 0 spiro atoms. The van der Waals surface area contributed by atoms with Gasteiger partial charge in [-0.3, -0.25) is 4.79 Å². The van der Waals surface area contributed by atoms with Crippen LogP contribution in [0.25, 0.3) is 0 Å². The van der Waals surface area contributed by atoms with Crippen LogP contribution in [0.5, 0.6) is 11.5 Å². The van der Waals surface area contributed by atoms with E-state index in [1.807, 2.05) is 52.0 Å². The Balaban J connectivity index is 1.79. The minimum Gasteiger partial charge on any atom is -0.490 e. The lowest BCUT2D eigenvalue weighted by atomic mass is 9.91. The molecule has 1 aliphatic rings. The minimum atomic E-state index is -0.831. The van der Waals surface area contributed by atoms with Gasteiger partial charge >= 0.3 is 12.1 Å². The molecule has 1 aliphatic heterocycles. The van der Waals surface area contributed by atoms with E-state index in [-0.39, 0.29) is 42.9 Å². The molecule has 1 unspecified atom stereocenters. The third kappa shape index (κ3) is 9.93. The van der Waals surface area contributed by atoms with Gasteiger partial charge in [-0.05, 0) is 30.4 Å². The summed E-state index contributed by atoms with van der Waals surface area (Å²) < 4.78 is 27.4. The van der Waals surface area contributed by atoms with Crippen molar-refractivity contribution in [2.75, 3.05) is 39.7 Å². The Hall–Kier alpha value is -3.01. The maximum absolute atomic E-state index is 12.5. The van der Waals surface area contributed by atoms with E-state index in [9.17, 15) is 14.4 Å². The van der Waals surface area contributed by atoms with Gasteiger partial charge in [0.15, 0.2) is 11.5 Å². The number of para-hydroxylation sites is 2. The number of nitrogens with one attached hydrogen (secondary N) is 1. The fourth-order valence-corrected chi connectivity index (χ4v) is 3.54. The summed E-state index contributed by atoms with van der Waals surface area (Å²) in [6, 6.07) is 6.52. The van der Waals surface area contributed by atoms with Gasteiger partial charge in [-0.1, -0.05) is 46.8 Å². The number of nitrogens with zero attached hydrogens (tertiary/aromatic N) is 1. The summed E-state index contributed by atoms with van der Waals surface area (Å²) in [7, 11) is 0. The van der Waals surface area contributed by atoms with Crippen molar-refractivity contribution >= 4 is 18.0 Å². The highest BCUT2D eigenvalue weighted by Gasteiger charge is 2.29. The Bertz CT molecular complexity index is 868. The second kappa shape index (κ2) is 13.9. The van der Waals surface area contributed by atoms with Crippen molar-refractivity contribution in [2.45, 2.75) is 60.1 Å². The second-order valence-electron chi connectivity index (χ2n) is 10.1. The molecule has 0 bridgehead atoms. The second-order valence-corrected chi connectivity index (χ2v) is 10.1. The van der Waals surface area contributed by atoms with Crippen LogP contribution in [0.3, 0.4) is 0 Å². The largest absolute Gasteiger partial charge is 0.490 e. The van der Waals surface area contributed by atoms with Gasteiger partial charge in [-0.2, -0.15) is 0 Å². The maximum atomic E-state index is 12.5. The predicted octanol–water partition coefficient (Wildman–Crippen LogP) is 3.38. The van der Waals surface area contributed by atoms with Crippen molar-refractivity contribution in [3.05, 3.63) is 24.3 Å². The van der Waals surface area contributed by atoms with Crippen LogP contribution < -0.4 is 14.8 Å². The Labute approximate surface area is 213 Å². The van der Waals surface area contributed by atoms with Crippen LogP contribution in [0.15, 0.2) is 24.3 Å². The van der Waals surface area contributed by atoms with Crippen molar-refractivity contribution in [1.82, 2.24) is 10.2 Å². The zero-order chi connectivity index (χ0) is 26.7. The summed E-state index contributed by atoms with van der Waals surface area (Å²) in [5.41, 5.74) is -0.210. The molecule has 1 fully saturated rings. The number of carbonyl (C=O) groups is 3. The summed E-state index contributed by atoms with van der Waals surface area (Å²) in [6.45, 7) is 12.5. The number of esters is 1. The van der Waals surface area contributed by atoms with Crippen LogP contribution in [0.4, 0.5) is 4.79 Å². The Morgan fingerprint density at radius 1 is 1.11 bits per heavy atom. The van der Waals surface area contributed by atoms with E-state index < -0.39 is 24.9 Å². The lowest BCUT2D eigenvalue weighted by Gasteiger charge is -2.32. The van der Waals surface area contributed by atoms with Crippen LogP contribution in [0.1, 0.15) is 48.0 Å². The molecule has 0 aromatic heterocycles. The summed E-state index contributed by atoms with van der Waals surface area (Å²) in [6.07, 6.45) is -0.701. The van der Waals surface area contributed by atoms with Gasteiger partial charge in [0.25, 0.3) is 0 Å². The molecular formula is C26H40N2O8. The first kappa shape index (κ1) is 29.2. The number of morpholine rings is 1. The molecule has 0 saturated carbocycles. The smallest absolute Gasteiger partial charge is 0.412 e. The highest BCUT2D eigenvalue weighted by Crippen LogP contribution is 2.26. The third-order valence-corrected chi connectivity index (χ3v) is 5.28. The molecule has 2 rings (SSSR count). The molecule has 202 valence electrons. The molecule has 1 N–H and O–H groups in total. The van der Waals surface area contributed by atoms with Gasteiger partial charge in [0.05, 0.1) is 19.8 Å². The predicted molar refractivity (Wildman–Crippen MR) is 133 cm³/mol. The van der Waals surface area contributed by atoms with E-state index in [2.05, 4.69) is 5.32 Å². The van der Waals surface area contributed by atoms with E-state index in [0.717, 1.165) is 0 Å². The lowest BCUT2D eigenvalue weighted by molar-refractivity contribution is -0.158. The number of hydrogen-bond donors (Lipinski definition) is 1. The number of hydrogen-bond acceptors (Lipinski definition) is 8. The van der Waals surface area contributed by atoms with Crippen LogP contribution in [-0.2, 0) is 23.8 Å². The molecule has 2 atom stereocenters. The number of benzene rings is 1. The first-order valence-electron chi connectivity index (χ1n) is 12.3. The number of amides is 2. The van der Waals surface area contributed by atoms with Gasteiger partial charge < -0.3 is 33.9 Å². The van der Waals surface area contributed by atoms with Crippen molar-refractivity contribution < 1.29 is 38.1 Å². The quantitative estimate of drug-likeness (QED) is 0.358. The highest BCUT2D eigenvalue weighted by atomic mass is 16.7. The van der Waals surface area contributed by atoms with E-state index in [0.29, 0.717) is 31.3 Å². The van der Waals surface area contributed by atoms with Crippen molar-refractivity contribution in [1.29, 1.82) is 0 Å². The number of rotatable bonds is 11. The summed E-state index contributed by atoms with van der Waals surface area (Å²) >= 11 is 0. The Morgan fingerprint density at radius 2 is 1.78 bits per heavy atom. The van der Waals surface area contributed by atoms with Gasteiger partial charge in [0, 0.05) is 13.0 Å². The van der Waals surface area contributed by atoms with Gasteiger partial charge in [0.1, 0.15) is 18.8 Å². The Kier molecular flexibility index (Phi) is 11.3. The SMILES string of the molecule is CCOc1ccccc1OCC1CN(C(=O)OCOC(=O)[C@H](NC(=O)CC(C)(C)C)C(C)C)CCO1. The lowest BCUT2D eigenvalue weighted by Crippen LogP contribution is -2.48. The fraction of sp³-hybridized carbons (Fsp3) is 0.654. The number of ether oxygens (including phenoxy) is 5. The standard InChI is InChI=1S/C26H40N2O8/c1-7-32-20-10-8-9-11-21(20)34-16-19-15-28(12-13-33-19)25(31)36-17-35-24(30)23(18(2)3)27-22(29)14-26(4,5)6/h8-11,18-19,23H,7,12-17H2,1-6H3,(H,27,29)/t19?,23-/m1/s1. The molecule has 36 heavy (non-hydrogen) atoms. The van der Waals surface area contributed by atoms with Crippen LogP contribution in [0, 0.1) is 11.3 Å². The van der Waals surface area contributed by atoms with Crippen molar-refractivity contribution in [2.24, 2.45) is 11.3 Å². The average Bonchev–Trinajstić information content (AvgIpc) is 2.81. The minimum absolute atomic E-state index is 0.190. The topological polar surface area (TPSA) is 113 Å². The van der Waals surface area contributed by atoms with Crippen molar-refractivity contribution in [3.63, 3.8) is 0 Å². The normalized spacial score (nSPS) is 16.8. The van der Waals surface area contributed by atoms with Gasteiger partial charge in [-0.15, -0.1) is 0 Å². The summed E-state index contributed by atoms with van der Waals surface area (Å²) in [4.78, 5) is 38.7. The van der Waals surface area contributed by atoms with E-state index >= 15 is 0 Å². The zero-order valence-corrected chi connectivity index (χ0v) is 22.2. The molecular weight excluding hydrogens is 468 g/mol. The maximum Gasteiger partial charge on any atom is 0.412 e. The molecule has 2 amide bonds. The fourth-order valence-electron chi connectivity index (χ4n) is 3.54. The molecule has 1 aromatic rings. The summed E-state index contributed by atoms with van der Waals surface area (Å²) in [5, 5.41) is 2.72. The number of carbonyl (C=O) groups excluding carboxylic acids is 3. The molecule has 1 heterocycles.